The van der Waals surface area contributed by atoms with Gasteiger partial charge in [0.2, 0.25) is 11.5 Å². The fourth-order valence-electron chi connectivity index (χ4n) is 4.44. The highest BCUT2D eigenvalue weighted by atomic mass is 16.6. The molecule has 0 amide bonds. The molecule has 7 nitrogen and oxygen atoms in total. The van der Waals surface area contributed by atoms with E-state index >= 15 is 0 Å². The Bertz CT molecular complexity index is 1140. The lowest BCUT2D eigenvalue weighted by Gasteiger charge is -2.17. The Labute approximate surface area is 259 Å². The second kappa shape index (κ2) is 20.7. The van der Waals surface area contributed by atoms with Crippen LogP contribution in [0, 0.1) is 0 Å². The van der Waals surface area contributed by atoms with Gasteiger partial charge in [-0.15, -0.1) is 0 Å². The highest BCUT2D eigenvalue weighted by Gasteiger charge is 2.41. The molecule has 0 fully saturated rings. The Morgan fingerprint density at radius 2 is 1.16 bits per heavy atom. The van der Waals surface area contributed by atoms with Crippen LogP contribution in [-0.4, -0.2) is 46.1 Å². The van der Waals surface area contributed by atoms with Crippen molar-refractivity contribution in [2.45, 2.75) is 125 Å². The van der Waals surface area contributed by atoms with E-state index in [4.69, 9.17) is 14.6 Å². The van der Waals surface area contributed by atoms with Crippen LogP contribution < -0.4 is 0 Å². The number of hydrogen-bond donors (Lipinski definition) is 3. The fourth-order valence-corrected chi connectivity index (χ4v) is 4.44. The van der Waals surface area contributed by atoms with E-state index < -0.39 is 42.3 Å². The SMILES string of the molecule is CC(C)=CCC/C(C)=C/CC/C(C)=C/CC/C=C(\C)CC/C=C(\C)CCC=C(C)C(=O)OC1=C(O)C(=O)O[C@@H]1[C@@H](O)CO. The van der Waals surface area contributed by atoms with Crippen LogP contribution in [0.3, 0.4) is 0 Å². The molecule has 1 aliphatic rings. The molecule has 0 saturated carbocycles. The third kappa shape index (κ3) is 15.8. The average Bonchev–Trinajstić information content (AvgIpc) is 3.23. The number of aliphatic hydroxyl groups is 3. The molecule has 3 N–H and O–H groups in total. The number of carbonyl (C=O) groups is 2. The van der Waals surface area contributed by atoms with E-state index in [0.29, 0.717) is 12.0 Å². The second-order valence-electron chi connectivity index (χ2n) is 11.8. The predicted octanol–water partition coefficient (Wildman–Crippen LogP) is 8.18. The zero-order valence-electron chi connectivity index (χ0n) is 27.4. The summed E-state index contributed by atoms with van der Waals surface area (Å²) in [7, 11) is 0. The minimum atomic E-state index is -1.51. The van der Waals surface area contributed by atoms with Crippen LogP contribution >= 0.6 is 0 Å². The Morgan fingerprint density at radius 1 is 0.744 bits per heavy atom. The maximum atomic E-state index is 12.4. The van der Waals surface area contributed by atoms with Gasteiger partial charge in [0.15, 0.2) is 6.10 Å². The molecular formula is C36H54O7. The Kier molecular flexibility index (Phi) is 18.2. The molecule has 0 spiro atoms. The van der Waals surface area contributed by atoms with Crippen LogP contribution in [-0.2, 0) is 19.1 Å². The van der Waals surface area contributed by atoms with Crippen molar-refractivity contribution >= 4 is 11.9 Å². The quantitative estimate of drug-likeness (QED) is 0.0595. The van der Waals surface area contributed by atoms with E-state index in [1.54, 1.807) is 13.0 Å². The van der Waals surface area contributed by atoms with Gasteiger partial charge in [0, 0.05) is 5.57 Å². The molecule has 0 radical (unpaired) electrons. The number of carbonyl (C=O) groups excluding carboxylic acids is 2. The molecule has 0 unspecified atom stereocenters. The molecular weight excluding hydrogens is 544 g/mol. The number of rotatable bonds is 19. The molecule has 0 bridgehead atoms. The van der Waals surface area contributed by atoms with Gasteiger partial charge in [-0.2, -0.15) is 0 Å². The summed E-state index contributed by atoms with van der Waals surface area (Å²) in [6.07, 6.45) is 20.4. The summed E-state index contributed by atoms with van der Waals surface area (Å²) in [6, 6.07) is 0. The van der Waals surface area contributed by atoms with Crippen LogP contribution in [0.15, 0.2) is 81.4 Å². The highest BCUT2D eigenvalue weighted by Crippen LogP contribution is 2.26. The molecule has 7 heteroatoms. The summed E-state index contributed by atoms with van der Waals surface area (Å²) in [6.45, 7) is 13.9. The molecule has 2 atom stereocenters. The normalized spacial score (nSPS) is 17.7. The number of unbranched alkanes of at least 4 members (excludes halogenated alkanes) is 1. The largest absolute Gasteiger partial charge is 0.499 e. The van der Waals surface area contributed by atoms with Crippen molar-refractivity contribution in [3.8, 4) is 0 Å². The highest BCUT2D eigenvalue weighted by molar-refractivity contribution is 5.92. The van der Waals surface area contributed by atoms with E-state index in [0.717, 1.165) is 57.8 Å². The second-order valence-corrected chi connectivity index (χ2v) is 11.8. The van der Waals surface area contributed by atoms with Crippen molar-refractivity contribution in [2.75, 3.05) is 6.61 Å². The minimum Gasteiger partial charge on any atom is -0.499 e. The fraction of sp³-hybridized carbons (Fsp3) is 0.556. The zero-order valence-corrected chi connectivity index (χ0v) is 27.4. The van der Waals surface area contributed by atoms with E-state index in [2.05, 4.69) is 71.9 Å². The molecule has 0 aromatic carbocycles. The molecule has 0 aliphatic carbocycles. The third-order valence-electron chi connectivity index (χ3n) is 7.28. The van der Waals surface area contributed by atoms with Crippen LogP contribution in [0.25, 0.3) is 0 Å². The average molecular weight is 599 g/mol. The number of cyclic esters (lactones) is 1. The minimum absolute atomic E-state index is 0.300. The van der Waals surface area contributed by atoms with Gasteiger partial charge < -0.3 is 24.8 Å². The smallest absolute Gasteiger partial charge is 0.378 e. The summed E-state index contributed by atoms with van der Waals surface area (Å²) >= 11 is 0. The third-order valence-corrected chi connectivity index (χ3v) is 7.28. The summed E-state index contributed by atoms with van der Waals surface area (Å²) in [5.74, 6) is -3.25. The Morgan fingerprint density at radius 3 is 1.60 bits per heavy atom. The molecule has 1 heterocycles. The van der Waals surface area contributed by atoms with Crippen LogP contribution in [0.1, 0.15) is 113 Å². The van der Waals surface area contributed by atoms with Crippen molar-refractivity contribution < 1.29 is 34.4 Å². The first-order valence-electron chi connectivity index (χ1n) is 15.4. The van der Waals surface area contributed by atoms with Gasteiger partial charge in [0.25, 0.3) is 0 Å². The summed E-state index contributed by atoms with van der Waals surface area (Å²) < 4.78 is 9.88. The first kappa shape index (κ1) is 37.9. The van der Waals surface area contributed by atoms with Crippen molar-refractivity contribution in [1.29, 1.82) is 0 Å². The van der Waals surface area contributed by atoms with Gasteiger partial charge in [-0.25, -0.2) is 9.59 Å². The van der Waals surface area contributed by atoms with Gasteiger partial charge in [0.1, 0.15) is 6.10 Å². The van der Waals surface area contributed by atoms with Gasteiger partial charge in [-0.3, -0.25) is 0 Å². The van der Waals surface area contributed by atoms with Gasteiger partial charge in [-0.1, -0.05) is 64.3 Å². The Hall–Kier alpha value is -3.16. The van der Waals surface area contributed by atoms with Crippen LogP contribution in [0.2, 0.25) is 0 Å². The maximum Gasteiger partial charge on any atom is 0.378 e. The number of aliphatic hydroxyl groups excluding tert-OH is 3. The van der Waals surface area contributed by atoms with Gasteiger partial charge >= 0.3 is 11.9 Å². The molecule has 0 saturated heterocycles. The molecule has 240 valence electrons. The van der Waals surface area contributed by atoms with E-state index in [1.807, 2.05) is 0 Å². The molecule has 43 heavy (non-hydrogen) atoms. The van der Waals surface area contributed by atoms with E-state index in [9.17, 15) is 19.8 Å². The summed E-state index contributed by atoms with van der Waals surface area (Å²) in [4.78, 5) is 24.0. The van der Waals surface area contributed by atoms with E-state index in [1.165, 1.54) is 27.9 Å². The molecule has 0 aromatic rings. The molecule has 0 aromatic heterocycles. The van der Waals surface area contributed by atoms with Crippen LogP contribution in [0.4, 0.5) is 0 Å². The number of hydrogen-bond acceptors (Lipinski definition) is 7. The number of ether oxygens (including phenoxy) is 2. The lowest BCUT2D eigenvalue weighted by molar-refractivity contribution is -0.150. The van der Waals surface area contributed by atoms with Crippen molar-refractivity contribution in [3.63, 3.8) is 0 Å². The standard InChI is InChI=1S/C36H54O7/c1-25(2)14-10-17-28(5)20-11-18-26(3)15-8-9-16-27(4)19-12-21-29(6)22-13-23-30(7)35(40)43-34-32(39)36(41)42-33(34)31(38)24-37/h14-16,20-21,23,31,33,37-39H,8-13,17-19,22,24H2,1-7H3/b26-15+,27-16+,28-20+,29-21+,30-23?/t31-,33+/m0/s1. The summed E-state index contributed by atoms with van der Waals surface area (Å²) in [5, 5.41) is 28.7. The molecule has 1 rings (SSSR count). The predicted molar refractivity (Wildman–Crippen MR) is 173 cm³/mol. The van der Waals surface area contributed by atoms with E-state index in [-0.39, 0.29) is 0 Å². The topological polar surface area (TPSA) is 113 Å². The first-order chi connectivity index (χ1) is 20.3. The summed E-state index contributed by atoms with van der Waals surface area (Å²) in [5.41, 5.74) is 7.24. The van der Waals surface area contributed by atoms with Gasteiger partial charge in [0.05, 0.1) is 6.61 Å². The zero-order chi connectivity index (χ0) is 32.4. The van der Waals surface area contributed by atoms with Gasteiger partial charge in [-0.05, 0) is 113 Å². The lowest BCUT2D eigenvalue weighted by Crippen LogP contribution is -2.33. The van der Waals surface area contributed by atoms with Crippen molar-refractivity contribution in [1.82, 2.24) is 0 Å². The van der Waals surface area contributed by atoms with Crippen molar-refractivity contribution in [3.05, 3.63) is 81.4 Å². The first-order valence-corrected chi connectivity index (χ1v) is 15.4. The monoisotopic (exact) mass is 598 g/mol. The van der Waals surface area contributed by atoms with Crippen molar-refractivity contribution in [2.24, 2.45) is 0 Å². The molecule has 1 aliphatic heterocycles. The van der Waals surface area contributed by atoms with Crippen LogP contribution in [0.5, 0.6) is 0 Å². The lowest BCUT2D eigenvalue weighted by atomic mass is 10.0. The number of esters is 2. The number of allylic oxidation sites excluding steroid dienone is 11. The Balaban J connectivity index is 2.38. The maximum absolute atomic E-state index is 12.4.